The van der Waals surface area contributed by atoms with Crippen LogP contribution in [0, 0.1) is 23.2 Å². The number of hydrogen-bond donors (Lipinski definition) is 1. The van der Waals surface area contributed by atoms with Gasteiger partial charge in [-0.1, -0.05) is 0 Å². The summed E-state index contributed by atoms with van der Waals surface area (Å²) >= 11 is 0. The Morgan fingerprint density at radius 2 is 2.03 bits per heavy atom. The van der Waals surface area contributed by atoms with E-state index < -0.39 is 0 Å². The van der Waals surface area contributed by atoms with Crippen LogP contribution in [0.5, 0.6) is 5.75 Å². The van der Waals surface area contributed by atoms with Crippen LogP contribution in [0.2, 0.25) is 0 Å². The second kappa shape index (κ2) is 8.77. The van der Waals surface area contributed by atoms with E-state index in [4.69, 9.17) is 14.5 Å². The van der Waals surface area contributed by atoms with Crippen molar-refractivity contribution in [3.63, 3.8) is 0 Å². The molecule has 1 N–H and O–H groups in total. The number of aromatic nitrogens is 3. The summed E-state index contributed by atoms with van der Waals surface area (Å²) in [5.74, 6) is 2.21. The lowest BCUT2D eigenvalue weighted by atomic mass is 9.68. The number of rotatable bonds is 5. The van der Waals surface area contributed by atoms with Crippen LogP contribution in [-0.4, -0.2) is 52.0 Å². The summed E-state index contributed by atoms with van der Waals surface area (Å²) in [5, 5.41) is 16.7. The van der Waals surface area contributed by atoms with Crippen LogP contribution in [0.25, 0.3) is 16.6 Å². The van der Waals surface area contributed by atoms with E-state index >= 15 is 0 Å². The van der Waals surface area contributed by atoms with Gasteiger partial charge in [0.15, 0.2) is 0 Å². The summed E-state index contributed by atoms with van der Waals surface area (Å²) in [6.45, 7) is 9.91. The van der Waals surface area contributed by atoms with E-state index in [-0.39, 0.29) is 17.7 Å². The number of pyridine rings is 2. The van der Waals surface area contributed by atoms with Crippen molar-refractivity contribution >= 4 is 17.4 Å². The molecule has 2 saturated heterocycles. The van der Waals surface area contributed by atoms with E-state index in [0.717, 1.165) is 42.0 Å². The normalized spacial score (nSPS) is 21.2. The number of anilines is 1. The van der Waals surface area contributed by atoms with Gasteiger partial charge in [-0.05, 0) is 52.3 Å². The topological polar surface area (TPSA) is 105 Å². The van der Waals surface area contributed by atoms with Crippen molar-refractivity contribution in [2.75, 3.05) is 24.6 Å². The molecule has 2 bridgehead atoms. The van der Waals surface area contributed by atoms with Crippen molar-refractivity contribution < 1.29 is 14.3 Å². The Bertz CT molecular complexity index is 1280. The maximum absolute atomic E-state index is 12.2. The molecule has 3 aliphatic rings. The first-order valence-corrected chi connectivity index (χ1v) is 12.0. The van der Waals surface area contributed by atoms with E-state index in [0.29, 0.717) is 29.8 Å². The number of alkyl carbamates (subject to hydrolysis) is 1. The van der Waals surface area contributed by atoms with E-state index in [1.165, 1.54) is 0 Å². The number of ether oxygens (including phenoxy) is 2. The van der Waals surface area contributed by atoms with E-state index in [1.807, 2.05) is 52.1 Å². The minimum absolute atomic E-state index is 0.0336. The van der Waals surface area contributed by atoms with E-state index in [9.17, 15) is 10.1 Å². The number of hydrogen-bond acceptors (Lipinski definition) is 7. The van der Waals surface area contributed by atoms with Gasteiger partial charge in [0.25, 0.3) is 0 Å². The number of nitrogens with one attached hydrogen (secondary N) is 1. The molecule has 5 heterocycles. The van der Waals surface area contributed by atoms with Gasteiger partial charge >= 0.3 is 6.09 Å². The summed E-state index contributed by atoms with van der Waals surface area (Å²) in [4.78, 5) is 19.2. The van der Waals surface area contributed by atoms with Crippen molar-refractivity contribution in [3.05, 3.63) is 42.4 Å². The number of piperidine rings is 2. The Labute approximate surface area is 204 Å². The first kappa shape index (κ1) is 23.0. The summed E-state index contributed by atoms with van der Waals surface area (Å²) in [6, 6.07) is 8.18. The molecule has 3 aromatic heterocycles. The molecule has 9 nitrogen and oxygen atoms in total. The van der Waals surface area contributed by atoms with Gasteiger partial charge in [0.05, 0.1) is 30.1 Å². The van der Waals surface area contributed by atoms with Gasteiger partial charge in [0.1, 0.15) is 23.7 Å². The fourth-order valence-electron chi connectivity index (χ4n) is 5.06. The van der Waals surface area contributed by atoms with Crippen molar-refractivity contribution in [2.24, 2.45) is 11.8 Å². The smallest absolute Gasteiger partial charge is 0.407 e. The molecule has 35 heavy (non-hydrogen) atoms. The lowest BCUT2D eigenvalue weighted by Gasteiger charge is -2.52. The Morgan fingerprint density at radius 1 is 1.26 bits per heavy atom. The molecule has 1 amide bonds. The molecule has 3 fully saturated rings. The maximum Gasteiger partial charge on any atom is 0.407 e. The molecule has 0 aromatic carbocycles. The van der Waals surface area contributed by atoms with Crippen LogP contribution < -0.4 is 15.0 Å². The Morgan fingerprint density at radius 3 is 2.66 bits per heavy atom. The number of fused-ring (bicyclic) bond motifs is 3. The molecule has 2 unspecified atom stereocenters. The zero-order valence-corrected chi connectivity index (χ0v) is 20.5. The van der Waals surface area contributed by atoms with Crippen molar-refractivity contribution in [2.45, 2.75) is 45.8 Å². The summed E-state index contributed by atoms with van der Waals surface area (Å²) in [6.07, 6.45) is 5.88. The Hall–Kier alpha value is -3.80. The highest BCUT2D eigenvalue weighted by Crippen LogP contribution is 2.43. The minimum Gasteiger partial charge on any atom is -0.492 e. The fraction of sp³-hybridized carbons (Fsp3) is 0.462. The van der Waals surface area contributed by atoms with Gasteiger partial charge in [-0.3, -0.25) is 0 Å². The van der Waals surface area contributed by atoms with Crippen LogP contribution in [-0.2, 0) is 4.74 Å². The summed E-state index contributed by atoms with van der Waals surface area (Å²) in [7, 11) is 0. The molecule has 1 saturated carbocycles. The molecular formula is C26H30N6O3. The average molecular weight is 475 g/mol. The predicted octanol–water partition coefficient (Wildman–Crippen LogP) is 4.02. The molecule has 3 aromatic rings. The molecule has 1 aliphatic carbocycles. The van der Waals surface area contributed by atoms with Crippen molar-refractivity contribution in [1.29, 1.82) is 5.26 Å². The average Bonchev–Trinajstić information content (AvgIpc) is 3.24. The number of nitriles is 1. The van der Waals surface area contributed by atoms with Crippen molar-refractivity contribution in [1.82, 2.24) is 19.9 Å². The molecule has 0 spiro atoms. The van der Waals surface area contributed by atoms with Gasteiger partial charge in [0.2, 0.25) is 0 Å². The van der Waals surface area contributed by atoms with E-state index in [1.54, 1.807) is 16.9 Å². The van der Waals surface area contributed by atoms with Crippen LogP contribution in [0.1, 0.15) is 39.7 Å². The van der Waals surface area contributed by atoms with Crippen LogP contribution in [0.15, 0.2) is 36.8 Å². The summed E-state index contributed by atoms with van der Waals surface area (Å²) < 4.78 is 13.1. The molecule has 2 atom stereocenters. The highest BCUT2D eigenvalue weighted by molar-refractivity contribution is 5.85. The largest absolute Gasteiger partial charge is 0.492 e. The molecule has 0 radical (unpaired) electrons. The molecular weight excluding hydrogens is 444 g/mol. The van der Waals surface area contributed by atoms with Crippen LogP contribution in [0.3, 0.4) is 0 Å². The van der Waals surface area contributed by atoms with Crippen LogP contribution >= 0.6 is 0 Å². The Kier molecular flexibility index (Phi) is 5.75. The lowest BCUT2D eigenvalue weighted by Crippen LogP contribution is -2.61. The van der Waals surface area contributed by atoms with Crippen molar-refractivity contribution in [3.8, 4) is 22.9 Å². The van der Waals surface area contributed by atoms with Gasteiger partial charge in [-0.2, -0.15) is 10.4 Å². The first-order chi connectivity index (χ1) is 16.8. The Balaban J connectivity index is 1.32. The quantitative estimate of drug-likeness (QED) is 0.596. The summed E-state index contributed by atoms with van der Waals surface area (Å²) in [5.41, 5.74) is 2.67. The van der Waals surface area contributed by atoms with Gasteiger partial charge < -0.3 is 19.7 Å². The highest BCUT2D eigenvalue weighted by Gasteiger charge is 2.49. The number of nitrogens with zero attached hydrogens (tertiary/aromatic N) is 5. The third kappa shape index (κ3) is 4.48. The highest BCUT2D eigenvalue weighted by atomic mass is 16.6. The van der Waals surface area contributed by atoms with Crippen LogP contribution in [0.4, 0.5) is 10.6 Å². The first-order valence-electron chi connectivity index (χ1n) is 12.0. The number of carbonyl (C=O) groups is 1. The molecule has 6 rings (SSSR count). The third-order valence-electron chi connectivity index (χ3n) is 6.57. The second-order valence-electron chi connectivity index (χ2n) is 10.3. The van der Waals surface area contributed by atoms with E-state index in [2.05, 4.69) is 21.4 Å². The number of amides is 1. The zero-order chi connectivity index (χ0) is 24.7. The van der Waals surface area contributed by atoms with Gasteiger partial charge in [-0.15, -0.1) is 0 Å². The number of carbonyl (C=O) groups excluding carboxylic acids is 1. The molecule has 9 heteroatoms. The van der Waals surface area contributed by atoms with Gasteiger partial charge in [0, 0.05) is 47.8 Å². The molecule has 2 aliphatic heterocycles. The zero-order valence-electron chi connectivity index (χ0n) is 20.5. The SMILES string of the molecule is CCOc1cc(-c2ccc(N3CC4CC(C3)C4OC(=O)NC(C)(C)C)nc2)c2c(C#N)cnn2c1. The lowest BCUT2D eigenvalue weighted by molar-refractivity contribution is -0.0640. The minimum atomic E-state index is -0.342. The van der Waals surface area contributed by atoms with Gasteiger partial charge in [-0.25, -0.2) is 14.3 Å². The molecule has 182 valence electrons. The monoisotopic (exact) mass is 474 g/mol. The second-order valence-corrected chi connectivity index (χ2v) is 10.3. The standard InChI is InChI=1S/C26H30N6O3/c1-5-34-20-9-21(23-19(10-27)12-29-32(23)15-20)16-6-7-22(28-11-16)31-13-17-8-18(14-31)24(17)35-25(33)30-26(2,3)4/h6-7,9,11-12,15,17-18,24H,5,8,13-14H2,1-4H3,(H,30,33). The third-order valence-corrected chi connectivity index (χ3v) is 6.57. The predicted molar refractivity (Wildman–Crippen MR) is 131 cm³/mol. The maximum atomic E-state index is 12.2. The fourth-order valence-corrected chi connectivity index (χ4v) is 5.06.